The first-order chi connectivity index (χ1) is 10.0. The summed E-state index contributed by atoms with van der Waals surface area (Å²) in [6, 6.07) is 4.59. The Balaban J connectivity index is 2.06. The molecular formula is C14H21N3O4. The van der Waals surface area contributed by atoms with Crippen molar-refractivity contribution >= 4 is 5.69 Å². The third-order valence-corrected chi connectivity index (χ3v) is 3.81. The first-order valence-corrected chi connectivity index (χ1v) is 6.92. The number of hydrogen-bond donors (Lipinski definition) is 1. The Morgan fingerprint density at radius 1 is 1.38 bits per heavy atom. The summed E-state index contributed by atoms with van der Waals surface area (Å²) in [4.78, 5) is 14.9. The molecule has 1 aromatic rings. The fraction of sp³-hybridized carbons (Fsp3) is 0.571. The Morgan fingerprint density at radius 2 is 2.05 bits per heavy atom. The smallest absolute Gasteiger partial charge is 0.311 e. The van der Waals surface area contributed by atoms with Gasteiger partial charge in [0.15, 0.2) is 5.75 Å². The van der Waals surface area contributed by atoms with Crippen LogP contribution in [0.25, 0.3) is 0 Å². The predicted octanol–water partition coefficient (Wildman–Crippen LogP) is 0.884. The molecule has 0 aromatic heterocycles. The number of aliphatic hydroxyl groups is 1. The maximum absolute atomic E-state index is 11.0. The van der Waals surface area contributed by atoms with E-state index in [1.165, 1.54) is 19.2 Å². The molecule has 0 bridgehead atoms. The van der Waals surface area contributed by atoms with Crippen LogP contribution in [0.5, 0.6) is 5.75 Å². The van der Waals surface area contributed by atoms with Gasteiger partial charge in [0.05, 0.1) is 18.1 Å². The Morgan fingerprint density at radius 3 is 2.62 bits per heavy atom. The molecule has 1 N–H and O–H groups in total. The predicted molar refractivity (Wildman–Crippen MR) is 78.5 cm³/mol. The third-order valence-electron chi connectivity index (χ3n) is 3.81. The second kappa shape index (κ2) is 6.84. The van der Waals surface area contributed by atoms with E-state index in [2.05, 4.69) is 16.8 Å². The lowest BCUT2D eigenvalue weighted by Gasteiger charge is -2.33. The van der Waals surface area contributed by atoms with E-state index in [-0.39, 0.29) is 11.4 Å². The first kappa shape index (κ1) is 15.7. The van der Waals surface area contributed by atoms with Crippen LogP contribution in [0.1, 0.15) is 11.7 Å². The van der Waals surface area contributed by atoms with E-state index in [1.807, 2.05) is 0 Å². The van der Waals surface area contributed by atoms with Gasteiger partial charge in [0.2, 0.25) is 0 Å². The molecule has 1 fully saturated rings. The summed E-state index contributed by atoms with van der Waals surface area (Å²) in [6.45, 7) is 4.21. The van der Waals surface area contributed by atoms with Gasteiger partial charge in [-0.05, 0) is 18.7 Å². The highest BCUT2D eigenvalue weighted by molar-refractivity contribution is 5.49. The van der Waals surface area contributed by atoms with Crippen LogP contribution in [0, 0.1) is 10.1 Å². The maximum Gasteiger partial charge on any atom is 0.311 e. The van der Waals surface area contributed by atoms with Crippen molar-refractivity contribution in [2.75, 3.05) is 46.9 Å². The minimum atomic E-state index is -0.738. The van der Waals surface area contributed by atoms with Gasteiger partial charge in [0.25, 0.3) is 0 Å². The van der Waals surface area contributed by atoms with Crippen LogP contribution < -0.4 is 4.74 Å². The van der Waals surface area contributed by atoms with Gasteiger partial charge in [-0.3, -0.25) is 15.0 Å². The Labute approximate surface area is 123 Å². The fourth-order valence-corrected chi connectivity index (χ4v) is 2.44. The number of rotatable bonds is 5. The van der Waals surface area contributed by atoms with E-state index in [0.717, 1.165) is 26.2 Å². The van der Waals surface area contributed by atoms with Crippen LogP contribution in [0.3, 0.4) is 0 Å². The van der Waals surface area contributed by atoms with E-state index in [1.54, 1.807) is 6.07 Å². The van der Waals surface area contributed by atoms with Crippen molar-refractivity contribution in [3.8, 4) is 5.75 Å². The highest BCUT2D eigenvalue weighted by atomic mass is 16.6. The molecule has 7 heteroatoms. The summed E-state index contributed by atoms with van der Waals surface area (Å²) in [7, 11) is 3.46. The van der Waals surface area contributed by atoms with Gasteiger partial charge in [0.1, 0.15) is 0 Å². The number of nitro benzene ring substituents is 1. The van der Waals surface area contributed by atoms with Crippen LogP contribution >= 0.6 is 0 Å². The lowest BCUT2D eigenvalue weighted by molar-refractivity contribution is -0.385. The number of β-amino-alcohol motifs (C(OH)–C–C–N with tert-alkyl or cyclic N) is 1. The summed E-state index contributed by atoms with van der Waals surface area (Å²) in [5.74, 6) is 0.204. The summed E-state index contributed by atoms with van der Waals surface area (Å²) < 4.78 is 4.96. The topological polar surface area (TPSA) is 79.1 Å². The molecule has 0 amide bonds. The summed E-state index contributed by atoms with van der Waals surface area (Å²) in [5.41, 5.74) is 0.425. The lowest BCUT2D eigenvalue weighted by Crippen LogP contribution is -2.45. The second-order valence-electron chi connectivity index (χ2n) is 5.31. The maximum atomic E-state index is 11.0. The quantitative estimate of drug-likeness (QED) is 0.642. The first-order valence-electron chi connectivity index (χ1n) is 6.92. The number of methoxy groups -OCH3 is 1. The van der Waals surface area contributed by atoms with E-state index in [9.17, 15) is 15.2 Å². The van der Waals surface area contributed by atoms with Crippen molar-refractivity contribution in [1.82, 2.24) is 9.80 Å². The molecule has 1 aromatic carbocycles. The highest BCUT2D eigenvalue weighted by Crippen LogP contribution is 2.30. The van der Waals surface area contributed by atoms with Crippen molar-refractivity contribution in [1.29, 1.82) is 0 Å². The SMILES string of the molecule is COc1ccc(C(O)CN2CCN(C)CC2)cc1[N+](=O)[O-]. The Kier molecular flexibility index (Phi) is 5.11. The van der Waals surface area contributed by atoms with Crippen LogP contribution in [-0.2, 0) is 0 Å². The standard InChI is InChI=1S/C14H21N3O4/c1-15-5-7-16(8-6-15)10-13(18)11-3-4-14(21-2)12(9-11)17(19)20/h3-4,9,13,18H,5-8,10H2,1-2H3. The largest absolute Gasteiger partial charge is 0.490 e. The number of aliphatic hydroxyl groups excluding tert-OH is 1. The third kappa shape index (κ3) is 3.90. The zero-order valence-electron chi connectivity index (χ0n) is 12.4. The molecule has 7 nitrogen and oxygen atoms in total. The number of nitro groups is 1. The molecule has 1 atom stereocenters. The number of ether oxygens (including phenoxy) is 1. The van der Waals surface area contributed by atoms with Gasteiger partial charge in [-0.2, -0.15) is 0 Å². The molecule has 0 radical (unpaired) electrons. The van der Waals surface area contributed by atoms with Crippen molar-refractivity contribution in [2.45, 2.75) is 6.10 Å². The van der Waals surface area contributed by atoms with Gasteiger partial charge < -0.3 is 14.7 Å². The van der Waals surface area contributed by atoms with E-state index >= 15 is 0 Å². The Hall–Kier alpha value is -1.70. The molecule has 0 spiro atoms. The zero-order valence-corrected chi connectivity index (χ0v) is 12.4. The molecule has 1 saturated heterocycles. The number of piperazine rings is 1. The molecule has 0 saturated carbocycles. The average Bonchev–Trinajstić information content (AvgIpc) is 2.48. The van der Waals surface area contributed by atoms with Crippen molar-refractivity contribution < 1.29 is 14.8 Å². The number of hydrogen-bond acceptors (Lipinski definition) is 6. The van der Waals surface area contributed by atoms with Crippen molar-refractivity contribution in [3.05, 3.63) is 33.9 Å². The number of benzene rings is 1. The highest BCUT2D eigenvalue weighted by Gasteiger charge is 2.21. The summed E-state index contributed by atoms with van der Waals surface area (Å²) in [5, 5.41) is 21.3. The second-order valence-corrected chi connectivity index (χ2v) is 5.31. The molecule has 116 valence electrons. The lowest BCUT2D eigenvalue weighted by atomic mass is 10.1. The van der Waals surface area contributed by atoms with Gasteiger partial charge in [-0.1, -0.05) is 6.07 Å². The van der Waals surface area contributed by atoms with Crippen molar-refractivity contribution in [3.63, 3.8) is 0 Å². The molecule has 1 unspecified atom stereocenters. The monoisotopic (exact) mass is 295 g/mol. The van der Waals surface area contributed by atoms with Gasteiger partial charge in [-0.15, -0.1) is 0 Å². The normalized spacial score (nSPS) is 18.4. The fourth-order valence-electron chi connectivity index (χ4n) is 2.44. The molecule has 1 aliphatic rings. The minimum Gasteiger partial charge on any atom is -0.490 e. The minimum absolute atomic E-state index is 0.118. The molecule has 1 heterocycles. The molecule has 1 aliphatic heterocycles. The van der Waals surface area contributed by atoms with Crippen molar-refractivity contribution in [2.24, 2.45) is 0 Å². The molecular weight excluding hydrogens is 274 g/mol. The van der Waals surface area contributed by atoms with Gasteiger partial charge in [0, 0.05) is 38.8 Å². The van der Waals surface area contributed by atoms with E-state index in [0.29, 0.717) is 12.1 Å². The molecule has 0 aliphatic carbocycles. The molecule has 21 heavy (non-hydrogen) atoms. The van der Waals surface area contributed by atoms with Gasteiger partial charge in [-0.25, -0.2) is 0 Å². The van der Waals surface area contributed by atoms with Gasteiger partial charge >= 0.3 is 5.69 Å². The summed E-state index contributed by atoms with van der Waals surface area (Å²) in [6.07, 6.45) is -0.738. The zero-order chi connectivity index (χ0) is 15.4. The van der Waals surface area contributed by atoms with Crippen LogP contribution in [0.2, 0.25) is 0 Å². The van der Waals surface area contributed by atoms with Crippen LogP contribution in [0.4, 0.5) is 5.69 Å². The molecule has 2 rings (SSSR count). The van der Waals surface area contributed by atoms with E-state index < -0.39 is 11.0 Å². The number of likely N-dealkylation sites (N-methyl/N-ethyl adjacent to an activating group) is 1. The number of nitrogens with zero attached hydrogens (tertiary/aromatic N) is 3. The average molecular weight is 295 g/mol. The Bertz CT molecular complexity index is 501. The van der Waals surface area contributed by atoms with E-state index in [4.69, 9.17) is 4.74 Å². The van der Waals surface area contributed by atoms with Crippen LogP contribution in [0.15, 0.2) is 18.2 Å². The van der Waals surface area contributed by atoms with Crippen LogP contribution in [-0.4, -0.2) is 66.7 Å². The summed E-state index contributed by atoms with van der Waals surface area (Å²) >= 11 is 0.